The predicted molar refractivity (Wildman–Crippen MR) is 120 cm³/mol. The minimum atomic E-state index is -0.153. The summed E-state index contributed by atoms with van der Waals surface area (Å²) in [4.78, 5) is 5.03. The first kappa shape index (κ1) is 19.6. The molecule has 2 aliphatic rings. The Bertz CT molecular complexity index is 892. The summed E-state index contributed by atoms with van der Waals surface area (Å²) in [6.07, 6.45) is 7.11. The molecule has 2 aromatic carbocycles. The van der Waals surface area contributed by atoms with E-state index in [1.165, 1.54) is 42.4 Å². The zero-order valence-electron chi connectivity index (χ0n) is 16.5. The Morgan fingerprint density at radius 3 is 2.25 bits per heavy atom. The number of hydrogen-bond donors (Lipinski definition) is 2. The van der Waals surface area contributed by atoms with Gasteiger partial charge in [0.2, 0.25) is 0 Å². The average Bonchev–Trinajstić information content (AvgIpc) is 2.87. The number of fused-ring (bicyclic) bond motifs is 1. The Kier molecular flexibility index (Phi) is 5.57. The molecule has 0 aromatic heterocycles. The van der Waals surface area contributed by atoms with E-state index in [1.54, 1.807) is 0 Å². The number of hydrogen-bond acceptors (Lipinski definition) is 3. The van der Waals surface area contributed by atoms with Crippen molar-refractivity contribution in [1.29, 1.82) is 0 Å². The van der Waals surface area contributed by atoms with Gasteiger partial charge in [-0.2, -0.15) is 0 Å². The zero-order chi connectivity index (χ0) is 19.7. The topological polar surface area (TPSA) is 36.4 Å². The average molecular weight is 416 g/mol. The number of aliphatic imine (C=N–C) groups is 1. The third-order valence-electron chi connectivity index (χ3n) is 5.80. The quantitative estimate of drug-likeness (QED) is 0.556. The maximum absolute atomic E-state index is 6.28. The van der Waals surface area contributed by atoms with Crippen LogP contribution in [0.3, 0.4) is 0 Å². The van der Waals surface area contributed by atoms with Crippen LogP contribution in [-0.2, 0) is 6.54 Å². The van der Waals surface area contributed by atoms with E-state index in [0.29, 0.717) is 10.0 Å². The Hall–Kier alpha value is -1.71. The monoisotopic (exact) mass is 415 g/mol. The molecule has 0 saturated heterocycles. The summed E-state index contributed by atoms with van der Waals surface area (Å²) >= 11 is 12.5. The third-order valence-corrected chi connectivity index (χ3v) is 6.52. The van der Waals surface area contributed by atoms with Gasteiger partial charge in [0.05, 0.1) is 27.0 Å². The molecule has 3 nitrogen and oxygen atoms in total. The molecule has 1 aliphatic carbocycles. The molecule has 0 amide bonds. The second-order valence-corrected chi connectivity index (χ2v) is 9.03. The molecule has 28 heavy (non-hydrogen) atoms. The number of nitrogens with one attached hydrogen (secondary N) is 2. The van der Waals surface area contributed by atoms with Crippen molar-refractivity contribution in [3.05, 3.63) is 57.1 Å². The molecule has 0 atom stereocenters. The van der Waals surface area contributed by atoms with E-state index >= 15 is 0 Å². The van der Waals surface area contributed by atoms with E-state index in [1.807, 2.05) is 12.1 Å². The molecule has 1 saturated carbocycles. The molecular formula is C23H27Cl2N3. The van der Waals surface area contributed by atoms with Gasteiger partial charge in [0, 0.05) is 6.54 Å². The minimum Gasteiger partial charge on any atom is -0.371 e. The number of halogens is 2. The molecule has 0 bridgehead atoms. The lowest BCUT2D eigenvalue weighted by molar-refractivity contribution is 0.511. The van der Waals surface area contributed by atoms with E-state index in [0.717, 1.165) is 36.6 Å². The smallest absolute Gasteiger partial charge is 0.128 e. The third kappa shape index (κ3) is 4.01. The summed E-state index contributed by atoms with van der Waals surface area (Å²) in [7, 11) is 0. The fourth-order valence-electron chi connectivity index (χ4n) is 4.53. The second kappa shape index (κ2) is 7.96. The molecular weight excluding hydrogens is 389 g/mol. The van der Waals surface area contributed by atoms with Crippen LogP contribution >= 0.6 is 23.2 Å². The molecule has 1 aliphatic heterocycles. The van der Waals surface area contributed by atoms with Crippen LogP contribution in [0, 0.1) is 13.8 Å². The molecule has 1 heterocycles. The molecule has 148 valence electrons. The molecule has 5 heteroatoms. The van der Waals surface area contributed by atoms with Gasteiger partial charge in [-0.15, -0.1) is 0 Å². The SMILES string of the molecule is Cc1cc(C)cc(CNC2=Nc3cc(Cl)c(Cl)cc3NC23CCCCCC3)c1. The van der Waals surface area contributed by atoms with Gasteiger partial charge < -0.3 is 10.6 Å². The number of benzene rings is 2. The van der Waals surface area contributed by atoms with Crippen molar-refractivity contribution >= 4 is 40.4 Å². The Labute approximate surface area is 177 Å². The van der Waals surface area contributed by atoms with Gasteiger partial charge in [-0.3, -0.25) is 0 Å². The van der Waals surface area contributed by atoms with Crippen LogP contribution in [0.5, 0.6) is 0 Å². The number of anilines is 1. The standard InChI is InChI=1S/C23H27Cl2N3/c1-15-9-16(2)11-17(10-15)14-26-22-23(7-5-3-4-6-8-23)28-21-13-19(25)18(24)12-20(21)27-22/h9-13,28H,3-8,14H2,1-2H3,(H,26,27). The maximum atomic E-state index is 6.28. The summed E-state index contributed by atoms with van der Waals surface area (Å²) < 4.78 is 0. The van der Waals surface area contributed by atoms with Gasteiger partial charge in [0.1, 0.15) is 5.84 Å². The molecule has 2 aromatic rings. The summed E-state index contributed by atoms with van der Waals surface area (Å²) in [5.74, 6) is 1.03. The van der Waals surface area contributed by atoms with Crippen LogP contribution in [0.1, 0.15) is 55.2 Å². The van der Waals surface area contributed by atoms with Crippen LogP contribution < -0.4 is 10.6 Å². The maximum Gasteiger partial charge on any atom is 0.128 e. The van der Waals surface area contributed by atoms with E-state index in [9.17, 15) is 0 Å². The van der Waals surface area contributed by atoms with Crippen LogP contribution in [0.4, 0.5) is 11.4 Å². The van der Waals surface area contributed by atoms with Gasteiger partial charge in [0.25, 0.3) is 0 Å². The molecule has 0 radical (unpaired) electrons. The normalized spacial score (nSPS) is 18.1. The van der Waals surface area contributed by atoms with Gasteiger partial charge in [-0.05, 0) is 44.4 Å². The molecule has 2 N–H and O–H groups in total. The van der Waals surface area contributed by atoms with Crippen molar-refractivity contribution in [3.63, 3.8) is 0 Å². The first-order valence-electron chi connectivity index (χ1n) is 10.1. The first-order chi connectivity index (χ1) is 13.4. The van der Waals surface area contributed by atoms with Gasteiger partial charge in [0.15, 0.2) is 0 Å². The largest absolute Gasteiger partial charge is 0.371 e. The van der Waals surface area contributed by atoms with Crippen molar-refractivity contribution < 1.29 is 0 Å². The van der Waals surface area contributed by atoms with Crippen molar-refractivity contribution in [2.75, 3.05) is 5.32 Å². The Balaban J connectivity index is 1.68. The van der Waals surface area contributed by atoms with E-state index in [-0.39, 0.29) is 5.54 Å². The highest BCUT2D eigenvalue weighted by Crippen LogP contribution is 2.42. The fourth-order valence-corrected chi connectivity index (χ4v) is 4.85. The highest BCUT2D eigenvalue weighted by Gasteiger charge is 2.39. The molecule has 4 rings (SSSR count). The van der Waals surface area contributed by atoms with Gasteiger partial charge >= 0.3 is 0 Å². The predicted octanol–water partition coefficient (Wildman–Crippen LogP) is 6.95. The summed E-state index contributed by atoms with van der Waals surface area (Å²) in [5, 5.41) is 8.57. The summed E-state index contributed by atoms with van der Waals surface area (Å²) in [6, 6.07) is 10.4. The van der Waals surface area contributed by atoms with Gasteiger partial charge in [-0.1, -0.05) is 78.2 Å². The van der Waals surface area contributed by atoms with Crippen molar-refractivity contribution in [2.24, 2.45) is 4.99 Å². The number of rotatable bonds is 2. The van der Waals surface area contributed by atoms with Crippen molar-refractivity contribution in [1.82, 2.24) is 5.32 Å². The first-order valence-corrected chi connectivity index (χ1v) is 10.9. The van der Waals surface area contributed by atoms with Crippen LogP contribution in [-0.4, -0.2) is 11.4 Å². The summed E-state index contributed by atoms with van der Waals surface area (Å²) in [5.41, 5.74) is 5.54. The minimum absolute atomic E-state index is 0.153. The van der Waals surface area contributed by atoms with E-state index < -0.39 is 0 Å². The van der Waals surface area contributed by atoms with E-state index in [4.69, 9.17) is 28.2 Å². The lowest BCUT2D eigenvalue weighted by atomic mass is 9.86. The van der Waals surface area contributed by atoms with Crippen molar-refractivity contribution in [2.45, 2.75) is 64.5 Å². The fraction of sp³-hybridized carbons (Fsp3) is 0.435. The Morgan fingerprint density at radius 2 is 1.57 bits per heavy atom. The lowest BCUT2D eigenvalue weighted by Crippen LogP contribution is -2.53. The van der Waals surface area contributed by atoms with Crippen LogP contribution in [0.25, 0.3) is 0 Å². The molecule has 0 unspecified atom stereocenters. The lowest BCUT2D eigenvalue weighted by Gasteiger charge is -2.40. The second-order valence-electron chi connectivity index (χ2n) is 8.21. The molecule has 1 spiro atoms. The highest BCUT2D eigenvalue weighted by atomic mass is 35.5. The van der Waals surface area contributed by atoms with Gasteiger partial charge in [-0.25, -0.2) is 4.99 Å². The van der Waals surface area contributed by atoms with Crippen LogP contribution in [0.15, 0.2) is 35.3 Å². The van der Waals surface area contributed by atoms with E-state index in [2.05, 4.69) is 42.7 Å². The summed E-state index contributed by atoms with van der Waals surface area (Å²) in [6.45, 7) is 5.05. The van der Waals surface area contributed by atoms with Crippen LogP contribution in [0.2, 0.25) is 10.0 Å². The zero-order valence-corrected chi connectivity index (χ0v) is 18.1. The number of aryl methyl sites for hydroxylation is 2. The Morgan fingerprint density at radius 1 is 0.929 bits per heavy atom. The molecule has 1 fully saturated rings. The number of nitrogens with zero attached hydrogens (tertiary/aromatic N) is 1. The number of amidine groups is 1. The van der Waals surface area contributed by atoms with Crippen molar-refractivity contribution in [3.8, 4) is 0 Å². The highest BCUT2D eigenvalue weighted by molar-refractivity contribution is 6.42.